The third kappa shape index (κ3) is 4.51. The highest BCUT2D eigenvalue weighted by Crippen LogP contribution is 2.50. The number of hydrogen-bond donors (Lipinski definition) is 1. The van der Waals surface area contributed by atoms with E-state index in [1.807, 2.05) is 29.8 Å². The molecule has 40 heavy (non-hydrogen) atoms. The van der Waals surface area contributed by atoms with Crippen LogP contribution in [0.3, 0.4) is 0 Å². The summed E-state index contributed by atoms with van der Waals surface area (Å²) in [7, 11) is 3.57. The number of anilines is 1. The van der Waals surface area contributed by atoms with Gasteiger partial charge in [0.1, 0.15) is 12.2 Å². The van der Waals surface area contributed by atoms with Crippen molar-refractivity contribution in [3.63, 3.8) is 0 Å². The lowest BCUT2D eigenvalue weighted by molar-refractivity contribution is -0.138. The first-order valence-corrected chi connectivity index (χ1v) is 13.9. The molecule has 1 amide bonds. The second kappa shape index (κ2) is 9.99. The molecule has 3 aromatic rings. The smallest absolute Gasteiger partial charge is 0.381 e. The number of aromatic nitrogens is 3. The maximum atomic E-state index is 14.2. The molecule has 212 valence electrons. The standard InChI is InChI=1S/C30H34F3N5O2/c1-18(20-6-4-7-20)34-15-19-10-24-25(26(11-19)30(31,32)33)16-38(27(24)39)22-9-5-8-21(12-22)29(13-23(14-29)40-3)28-36-35-17-37(28)2/h5,8-12,17-18,20,23,34H,4,6-7,13-16H2,1-3H3/t18-,23-,29-/m0/s1. The van der Waals surface area contributed by atoms with Crippen molar-refractivity contribution in [1.82, 2.24) is 20.1 Å². The summed E-state index contributed by atoms with van der Waals surface area (Å²) in [5.74, 6) is 0.935. The molecule has 0 saturated heterocycles. The van der Waals surface area contributed by atoms with Crippen molar-refractivity contribution >= 4 is 11.6 Å². The number of carbonyl (C=O) groups is 1. The van der Waals surface area contributed by atoms with E-state index in [0.29, 0.717) is 30.0 Å². The van der Waals surface area contributed by atoms with Gasteiger partial charge in [-0.15, -0.1) is 10.2 Å². The Balaban J connectivity index is 1.31. The van der Waals surface area contributed by atoms with Crippen LogP contribution >= 0.6 is 0 Å². The molecule has 10 heteroatoms. The summed E-state index contributed by atoms with van der Waals surface area (Å²) < 4.78 is 50.1. The van der Waals surface area contributed by atoms with Crippen molar-refractivity contribution in [1.29, 1.82) is 0 Å². The van der Waals surface area contributed by atoms with Gasteiger partial charge in [0.15, 0.2) is 0 Å². The molecule has 1 N–H and O–H groups in total. The van der Waals surface area contributed by atoms with Gasteiger partial charge in [-0.25, -0.2) is 0 Å². The second-order valence-corrected chi connectivity index (χ2v) is 11.6. The lowest BCUT2D eigenvalue weighted by atomic mass is 9.62. The topological polar surface area (TPSA) is 72.3 Å². The average Bonchev–Trinajstić information content (AvgIpc) is 3.44. The fourth-order valence-corrected chi connectivity index (χ4v) is 6.54. The van der Waals surface area contributed by atoms with Crippen molar-refractivity contribution in [3.8, 4) is 0 Å². The van der Waals surface area contributed by atoms with Crippen LogP contribution < -0.4 is 10.2 Å². The van der Waals surface area contributed by atoms with Gasteiger partial charge in [0.05, 0.1) is 23.6 Å². The lowest BCUT2D eigenvalue weighted by Crippen LogP contribution is -2.48. The Labute approximate surface area is 231 Å². The number of nitrogens with one attached hydrogen (secondary N) is 1. The number of halogens is 3. The van der Waals surface area contributed by atoms with Crippen LogP contribution in [0.1, 0.15) is 77.5 Å². The summed E-state index contributed by atoms with van der Waals surface area (Å²) in [6, 6.07) is 10.6. The zero-order valence-corrected chi connectivity index (χ0v) is 23.0. The minimum absolute atomic E-state index is 0.0322. The highest BCUT2D eigenvalue weighted by Gasteiger charge is 2.50. The molecule has 0 unspecified atom stereocenters. The molecule has 2 aliphatic carbocycles. The molecule has 2 saturated carbocycles. The lowest BCUT2D eigenvalue weighted by Gasteiger charge is -2.46. The zero-order chi connectivity index (χ0) is 28.2. The summed E-state index contributed by atoms with van der Waals surface area (Å²) in [5.41, 5.74) is 0.941. The minimum Gasteiger partial charge on any atom is -0.381 e. The van der Waals surface area contributed by atoms with E-state index in [9.17, 15) is 18.0 Å². The van der Waals surface area contributed by atoms with Crippen LogP contribution in [0, 0.1) is 5.92 Å². The number of benzene rings is 2. The van der Waals surface area contributed by atoms with Gasteiger partial charge in [-0.2, -0.15) is 13.2 Å². The van der Waals surface area contributed by atoms with Crippen LogP contribution in [0.2, 0.25) is 0 Å². The highest BCUT2D eigenvalue weighted by atomic mass is 19.4. The number of rotatable bonds is 8. The zero-order valence-electron chi connectivity index (χ0n) is 23.0. The van der Waals surface area contributed by atoms with Crippen molar-refractivity contribution in [2.45, 2.75) is 75.9 Å². The van der Waals surface area contributed by atoms with Gasteiger partial charge in [-0.05, 0) is 79.5 Å². The first-order chi connectivity index (χ1) is 19.1. The van der Waals surface area contributed by atoms with Gasteiger partial charge in [0, 0.05) is 38.0 Å². The van der Waals surface area contributed by atoms with Gasteiger partial charge in [-0.1, -0.05) is 18.6 Å². The third-order valence-corrected chi connectivity index (χ3v) is 9.23. The summed E-state index contributed by atoms with van der Waals surface area (Å²) in [5, 5.41) is 11.8. The van der Waals surface area contributed by atoms with E-state index < -0.39 is 23.1 Å². The van der Waals surface area contributed by atoms with E-state index in [1.54, 1.807) is 25.6 Å². The molecule has 0 bridgehead atoms. The van der Waals surface area contributed by atoms with Gasteiger partial charge in [-0.3, -0.25) is 4.79 Å². The summed E-state index contributed by atoms with van der Waals surface area (Å²) >= 11 is 0. The number of carbonyl (C=O) groups excluding carboxylic acids is 1. The molecule has 2 fully saturated rings. The number of ether oxygens (including phenoxy) is 1. The number of aryl methyl sites for hydroxylation is 1. The Morgan fingerprint density at radius 2 is 1.98 bits per heavy atom. The van der Waals surface area contributed by atoms with Crippen molar-refractivity contribution in [3.05, 3.63) is 76.4 Å². The summed E-state index contributed by atoms with van der Waals surface area (Å²) in [6.07, 6.45) is 2.03. The number of methoxy groups -OCH3 is 1. The number of fused-ring (bicyclic) bond motifs is 1. The largest absolute Gasteiger partial charge is 0.416 e. The number of nitrogens with zero attached hydrogens (tertiary/aromatic N) is 4. The predicted octanol–water partition coefficient (Wildman–Crippen LogP) is 5.37. The van der Waals surface area contributed by atoms with Crippen molar-refractivity contribution in [2.24, 2.45) is 13.0 Å². The first kappa shape index (κ1) is 27.0. The fourth-order valence-electron chi connectivity index (χ4n) is 6.54. The monoisotopic (exact) mass is 553 g/mol. The van der Waals surface area contributed by atoms with Gasteiger partial charge < -0.3 is 19.5 Å². The predicted molar refractivity (Wildman–Crippen MR) is 144 cm³/mol. The molecule has 1 atom stereocenters. The molecule has 7 nitrogen and oxygen atoms in total. The Morgan fingerprint density at radius 1 is 1.20 bits per heavy atom. The molecule has 2 heterocycles. The molecule has 3 aliphatic rings. The van der Waals surface area contributed by atoms with Crippen LogP contribution in [-0.4, -0.2) is 39.9 Å². The van der Waals surface area contributed by atoms with E-state index in [1.165, 1.54) is 17.4 Å². The summed E-state index contributed by atoms with van der Waals surface area (Å²) in [4.78, 5) is 15.1. The molecule has 6 rings (SSSR count). The van der Waals surface area contributed by atoms with Crippen LogP contribution in [0.25, 0.3) is 0 Å². The molecule has 1 aliphatic heterocycles. The van der Waals surface area contributed by atoms with Gasteiger partial charge in [0.25, 0.3) is 5.91 Å². The van der Waals surface area contributed by atoms with E-state index in [0.717, 1.165) is 24.2 Å². The average molecular weight is 554 g/mol. The molecule has 0 radical (unpaired) electrons. The Bertz CT molecular complexity index is 1420. The molecular formula is C30H34F3N5O2. The van der Waals surface area contributed by atoms with Crippen LogP contribution in [0.15, 0.2) is 42.7 Å². The van der Waals surface area contributed by atoms with E-state index in [2.05, 4.69) is 22.4 Å². The fraction of sp³-hybridized carbons (Fsp3) is 0.500. The number of alkyl halides is 3. The van der Waals surface area contributed by atoms with Crippen molar-refractivity contribution < 1.29 is 22.7 Å². The molecular weight excluding hydrogens is 519 g/mol. The highest BCUT2D eigenvalue weighted by molar-refractivity contribution is 6.10. The van der Waals surface area contributed by atoms with Gasteiger partial charge in [0.2, 0.25) is 0 Å². The van der Waals surface area contributed by atoms with E-state index in [4.69, 9.17) is 4.74 Å². The normalized spacial score (nSPS) is 23.6. The molecule has 2 aromatic carbocycles. The second-order valence-electron chi connectivity index (χ2n) is 11.6. The Hall–Kier alpha value is -3.24. The maximum Gasteiger partial charge on any atom is 0.416 e. The third-order valence-electron chi connectivity index (χ3n) is 9.23. The Morgan fingerprint density at radius 3 is 2.60 bits per heavy atom. The van der Waals surface area contributed by atoms with Crippen LogP contribution in [0.4, 0.5) is 18.9 Å². The van der Waals surface area contributed by atoms with Gasteiger partial charge >= 0.3 is 6.18 Å². The SMILES string of the molecule is CO[C@H]1C[C@](c2cccc(N3Cc4c(cc(CN[C@@H](C)C5CCC5)cc4C(F)(F)F)C3=O)c2)(c2nncn2C)C1. The quantitative estimate of drug-likeness (QED) is 0.406. The first-order valence-electron chi connectivity index (χ1n) is 13.9. The summed E-state index contributed by atoms with van der Waals surface area (Å²) in [6.45, 7) is 2.24. The molecule has 1 aromatic heterocycles. The Kier molecular flexibility index (Phi) is 6.73. The number of amides is 1. The van der Waals surface area contributed by atoms with Crippen LogP contribution in [-0.2, 0) is 36.5 Å². The van der Waals surface area contributed by atoms with E-state index in [-0.39, 0.29) is 36.4 Å². The van der Waals surface area contributed by atoms with E-state index >= 15 is 0 Å². The van der Waals surface area contributed by atoms with Crippen molar-refractivity contribution in [2.75, 3.05) is 12.0 Å². The minimum atomic E-state index is -4.56. The molecule has 0 spiro atoms. The number of hydrogen-bond acceptors (Lipinski definition) is 5. The van der Waals surface area contributed by atoms with Crippen LogP contribution in [0.5, 0.6) is 0 Å². The maximum absolute atomic E-state index is 14.2.